The van der Waals surface area contributed by atoms with Gasteiger partial charge < -0.3 is 15.0 Å². The Labute approximate surface area is 119 Å². The number of methoxy groups -OCH3 is 1. The van der Waals surface area contributed by atoms with Crippen LogP contribution in [0.25, 0.3) is 0 Å². The van der Waals surface area contributed by atoms with Gasteiger partial charge in [0.05, 0.1) is 13.3 Å². The van der Waals surface area contributed by atoms with Crippen LogP contribution in [0.15, 0.2) is 6.20 Å². The highest BCUT2D eigenvalue weighted by atomic mass is 35.5. The number of nitrogens with zero attached hydrogens (tertiary/aromatic N) is 3. The van der Waals surface area contributed by atoms with Gasteiger partial charge in [0.2, 0.25) is 0 Å². The minimum atomic E-state index is 0.373. The molecule has 1 aliphatic heterocycles. The molecular formula is C13H21ClN4O. The topological polar surface area (TPSA) is 50.3 Å². The summed E-state index contributed by atoms with van der Waals surface area (Å²) in [6.07, 6.45) is 6.35. The molecule has 106 valence electrons. The molecule has 1 aromatic rings. The second-order valence-electron chi connectivity index (χ2n) is 4.76. The number of halogens is 1. The van der Waals surface area contributed by atoms with E-state index >= 15 is 0 Å². The average molecular weight is 285 g/mol. The molecule has 0 radical (unpaired) electrons. The number of aromatic nitrogens is 2. The van der Waals surface area contributed by atoms with Gasteiger partial charge in [-0.3, -0.25) is 0 Å². The Morgan fingerprint density at radius 1 is 1.53 bits per heavy atom. The minimum absolute atomic E-state index is 0.373. The summed E-state index contributed by atoms with van der Waals surface area (Å²) in [5.74, 6) is 0.800. The molecule has 1 aromatic heterocycles. The summed E-state index contributed by atoms with van der Waals surface area (Å²) >= 11 is 6.25. The van der Waals surface area contributed by atoms with Crippen LogP contribution in [0.5, 0.6) is 6.01 Å². The summed E-state index contributed by atoms with van der Waals surface area (Å²) < 4.78 is 5.10. The van der Waals surface area contributed by atoms with Crippen molar-refractivity contribution in [3.63, 3.8) is 0 Å². The van der Waals surface area contributed by atoms with E-state index < -0.39 is 0 Å². The van der Waals surface area contributed by atoms with Crippen LogP contribution in [0.3, 0.4) is 0 Å². The van der Waals surface area contributed by atoms with Gasteiger partial charge in [-0.1, -0.05) is 11.6 Å². The van der Waals surface area contributed by atoms with E-state index in [0.717, 1.165) is 25.3 Å². The van der Waals surface area contributed by atoms with Gasteiger partial charge in [0, 0.05) is 12.6 Å². The first-order chi connectivity index (χ1) is 9.26. The van der Waals surface area contributed by atoms with Crippen LogP contribution < -0.4 is 15.0 Å². The maximum atomic E-state index is 6.25. The third kappa shape index (κ3) is 3.48. The summed E-state index contributed by atoms with van der Waals surface area (Å²) in [5, 5.41) is 3.80. The lowest BCUT2D eigenvalue weighted by Gasteiger charge is -2.37. The molecule has 0 bridgehead atoms. The molecule has 1 aliphatic rings. The molecule has 1 fully saturated rings. The molecule has 1 atom stereocenters. The predicted octanol–water partition coefficient (Wildman–Crippen LogP) is 2.11. The first-order valence-electron chi connectivity index (χ1n) is 6.74. The largest absolute Gasteiger partial charge is 0.467 e. The van der Waals surface area contributed by atoms with E-state index in [0.29, 0.717) is 17.1 Å². The van der Waals surface area contributed by atoms with Crippen molar-refractivity contribution in [3.05, 3.63) is 11.2 Å². The monoisotopic (exact) mass is 284 g/mol. The van der Waals surface area contributed by atoms with Crippen LogP contribution >= 0.6 is 11.6 Å². The zero-order valence-corrected chi connectivity index (χ0v) is 12.3. The molecule has 19 heavy (non-hydrogen) atoms. The van der Waals surface area contributed by atoms with Gasteiger partial charge in [0.15, 0.2) is 5.82 Å². The molecule has 1 N–H and O–H groups in total. The molecule has 0 aromatic carbocycles. The fraction of sp³-hybridized carbons (Fsp3) is 0.692. The van der Waals surface area contributed by atoms with E-state index in [1.807, 2.05) is 7.05 Å². The van der Waals surface area contributed by atoms with Crippen molar-refractivity contribution in [2.75, 3.05) is 32.1 Å². The van der Waals surface area contributed by atoms with E-state index in [-0.39, 0.29) is 0 Å². The molecule has 0 amide bonds. The molecule has 2 rings (SSSR count). The second-order valence-corrected chi connectivity index (χ2v) is 5.17. The molecule has 6 heteroatoms. The first kappa shape index (κ1) is 14.3. The number of ether oxygens (including phenoxy) is 1. The predicted molar refractivity (Wildman–Crippen MR) is 77.1 cm³/mol. The lowest BCUT2D eigenvalue weighted by Crippen LogP contribution is -2.41. The maximum absolute atomic E-state index is 6.25. The van der Waals surface area contributed by atoms with E-state index in [4.69, 9.17) is 16.3 Å². The number of rotatable bonds is 5. The van der Waals surface area contributed by atoms with Gasteiger partial charge in [0.1, 0.15) is 5.02 Å². The summed E-state index contributed by atoms with van der Waals surface area (Å²) in [5.41, 5.74) is 0. The number of hydrogen-bond donors (Lipinski definition) is 1. The van der Waals surface area contributed by atoms with Crippen LogP contribution in [0.1, 0.15) is 25.7 Å². The van der Waals surface area contributed by atoms with Crippen molar-refractivity contribution in [2.45, 2.75) is 31.7 Å². The molecule has 0 aliphatic carbocycles. The highest BCUT2D eigenvalue weighted by Crippen LogP contribution is 2.31. The summed E-state index contributed by atoms with van der Waals surface area (Å²) in [7, 11) is 3.55. The summed E-state index contributed by atoms with van der Waals surface area (Å²) in [6, 6.07) is 0.857. The zero-order chi connectivity index (χ0) is 13.7. The summed E-state index contributed by atoms with van der Waals surface area (Å²) in [6.45, 7) is 2.00. The third-order valence-corrected chi connectivity index (χ3v) is 3.78. The van der Waals surface area contributed by atoms with Crippen molar-refractivity contribution in [1.82, 2.24) is 15.3 Å². The highest BCUT2D eigenvalue weighted by Gasteiger charge is 2.25. The highest BCUT2D eigenvalue weighted by molar-refractivity contribution is 6.32. The molecule has 5 nitrogen and oxygen atoms in total. The Balaban J connectivity index is 2.21. The minimum Gasteiger partial charge on any atom is -0.467 e. The van der Waals surface area contributed by atoms with Crippen LogP contribution in [0, 0.1) is 0 Å². The van der Waals surface area contributed by atoms with Crippen molar-refractivity contribution >= 4 is 17.4 Å². The first-order valence-corrected chi connectivity index (χ1v) is 7.12. The number of hydrogen-bond acceptors (Lipinski definition) is 5. The fourth-order valence-electron chi connectivity index (χ4n) is 2.53. The van der Waals surface area contributed by atoms with Crippen LogP contribution in [0.2, 0.25) is 5.02 Å². The van der Waals surface area contributed by atoms with Gasteiger partial charge in [0.25, 0.3) is 0 Å². The van der Waals surface area contributed by atoms with E-state index in [9.17, 15) is 0 Å². The zero-order valence-electron chi connectivity index (χ0n) is 11.5. The molecule has 1 unspecified atom stereocenters. The van der Waals surface area contributed by atoms with E-state index in [2.05, 4.69) is 20.2 Å². The smallest absolute Gasteiger partial charge is 0.318 e. The average Bonchev–Trinajstić information content (AvgIpc) is 2.46. The lowest BCUT2D eigenvalue weighted by atomic mass is 9.99. The summed E-state index contributed by atoms with van der Waals surface area (Å²) in [4.78, 5) is 10.7. The Kier molecular flexibility index (Phi) is 5.22. The Hall–Kier alpha value is -1.07. The second kappa shape index (κ2) is 6.91. The third-order valence-electron chi connectivity index (χ3n) is 3.51. The van der Waals surface area contributed by atoms with Crippen molar-refractivity contribution in [1.29, 1.82) is 0 Å². The van der Waals surface area contributed by atoms with Crippen LogP contribution in [0.4, 0.5) is 5.82 Å². The van der Waals surface area contributed by atoms with Crippen molar-refractivity contribution in [2.24, 2.45) is 0 Å². The fourth-order valence-corrected chi connectivity index (χ4v) is 2.73. The van der Waals surface area contributed by atoms with Crippen LogP contribution in [-0.4, -0.2) is 43.3 Å². The molecule has 0 spiro atoms. The van der Waals surface area contributed by atoms with Gasteiger partial charge in [-0.25, -0.2) is 4.98 Å². The number of nitrogens with one attached hydrogen (secondary N) is 1. The van der Waals surface area contributed by atoms with Gasteiger partial charge >= 0.3 is 6.01 Å². The Morgan fingerprint density at radius 3 is 3.11 bits per heavy atom. The Morgan fingerprint density at radius 2 is 2.37 bits per heavy atom. The number of anilines is 1. The van der Waals surface area contributed by atoms with E-state index in [1.54, 1.807) is 13.3 Å². The molecule has 0 saturated carbocycles. The van der Waals surface area contributed by atoms with Crippen LogP contribution in [-0.2, 0) is 0 Å². The maximum Gasteiger partial charge on any atom is 0.318 e. The van der Waals surface area contributed by atoms with Gasteiger partial charge in [-0.05, 0) is 39.3 Å². The quantitative estimate of drug-likeness (QED) is 0.897. The molecule has 2 heterocycles. The molecule has 1 saturated heterocycles. The standard InChI is InChI=1S/C13H21ClN4O/c1-15-7-6-10-5-3-4-8-18(10)12-11(14)9-16-13(17-12)19-2/h9-10,15H,3-8H2,1-2H3. The Bertz CT molecular complexity index is 416. The van der Waals surface area contributed by atoms with Gasteiger partial charge in [-0.15, -0.1) is 0 Å². The van der Waals surface area contributed by atoms with Gasteiger partial charge in [-0.2, -0.15) is 4.98 Å². The van der Waals surface area contributed by atoms with E-state index in [1.165, 1.54) is 19.3 Å². The SMILES string of the molecule is CNCCC1CCCCN1c1nc(OC)ncc1Cl. The molecular weight excluding hydrogens is 264 g/mol. The van der Waals surface area contributed by atoms with Crippen molar-refractivity contribution < 1.29 is 4.74 Å². The van der Waals surface area contributed by atoms with Crippen molar-refractivity contribution in [3.8, 4) is 6.01 Å². The normalized spacial score (nSPS) is 19.5. The number of piperidine rings is 1. The lowest BCUT2D eigenvalue weighted by molar-refractivity contribution is 0.376.